The number of aromatic nitrogens is 2. The molecule has 84 valence electrons. The van der Waals surface area contributed by atoms with Gasteiger partial charge in [0, 0.05) is 10.7 Å². The first-order valence-electron chi connectivity index (χ1n) is 4.45. The highest BCUT2D eigenvalue weighted by atomic mass is 79.9. The quantitative estimate of drug-likeness (QED) is 0.878. The van der Waals surface area contributed by atoms with E-state index in [1.165, 1.54) is 12.1 Å². The van der Waals surface area contributed by atoms with Gasteiger partial charge in [0.15, 0.2) is 0 Å². The number of imidazole rings is 1. The van der Waals surface area contributed by atoms with Gasteiger partial charge >= 0.3 is 0 Å². The topological polar surface area (TPSA) is 43.8 Å². The van der Waals surface area contributed by atoms with Crippen LogP contribution in [0.4, 0.5) is 10.3 Å². The number of hydrogen-bond donors (Lipinski definition) is 1. The van der Waals surface area contributed by atoms with Crippen molar-refractivity contribution >= 4 is 33.5 Å². The number of halogens is 3. The minimum Gasteiger partial charge on any atom is -0.369 e. The molecule has 0 aliphatic carbocycles. The first-order chi connectivity index (χ1) is 7.49. The normalized spacial score (nSPS) is 10.8. The number of aryl methyl sites for hydroxylation is 1. The average molecular weight is 305 g/mol. The molecule has 0 bridgehead atoms. The molecule has 0 saturated heterocycles. The maximum Gasteiger partial charge on any atom is 0.205 e. The summed E-state index contributed by atoms with van der Waals surface area (Å²) in [5.74, 6) is -0.0947. The van der Waals surface area contributed by atoms with Crippen molar-refractivity contribution in [1.29, 1.82) is 0 Å². The van der Waals surface area contributed by atoms with Gasteiger partial charge in [0.2, 0.25) is 5.95 Å². The lowest BCUT2D eigenvalue weighted by Gasteiger charge is -2.09. The van der Waals surface area contributed by atoms with Crippen molar-refractivity contribution in [3.05, 3.63) is 39.3 Å². The smallest absolute Gasteiger partial charge is 0.205 e. The number of nitrogen functional groups attached to an aromatic ring is 1. The first kappa shape index (κ1) is 11.4. The minimum absolute atomic E-state index is 0.274. The summed E-state index contributed by atoms with van der Waals surface area (Å²) in [6.07, 6.45) is 1.74. The van der Waals surface area contributed by atoms with Gasteiger partial charge in [-0.15, -0.1) is 0 Å². The van der Waals surface area contributed by atoms with Crippen LogP contribution in [0.2, 0.25) is 5.02 Å². The molecule has 16 heavy (non-hydrogen) atoms. The van der Waals surface area contributed by atoms with E-state index in [1.54, 1.807) is 10.8 Å². The maximum atomic E-state index is 13.1. The predicted molar refractivity (Wildman–Crippen MR) is 65.4 cm³/mol. The van der Waals surface area contributed by atoms with Crippen LogP contribution in [-0.2, 0) is 0 Å². The van der Waals surface area contributed by atoms with Crippen LogP contribution < -0.4 is 5.73 Å². The third-order valence-electron chi connectivity index (χ3n) is 2.08. The third kappa shape index (κ3) is 1.92. The lowest BCUT2D eigenvalue weighted by molar-refractivity contribution is 0.626. The highest BCUT2D eigenvalue weighted by molar-refractivity contribution is 9.10. The first-order valence-corrected chi connectivity index (χ1v) is 5.62. The van der Waals surface area contributed by atoms with E-state index in [-0.39, 0.29) is 5.02 Å². The Hall–Kier alpha value is -1.07. The monoisotopic (exact) mass is 303 g/mol. The molecular weight excluding hydrogens is 296 g/mol. The molecule has 2 aromatic rings. The molecule has 0 unspecified atom stereocenters. The Morgan fingerprint density at radius 2 is 2.19 bits per heavy atom. The minimum atomic E-state index is -0.406. The molecule has 0 spiro atoms. The van der Waals surface area contributed by atoms with E-state index in [0.29, 0.717) is 16.1 Å². The summed E-state index contributed by atoms with van der Waals surface area (Å²) in [6, 6.07) is 2.56. The van der Waals surface area contributed by atoms with E-state index in [9.17, 15) is 4.39 Å². The van der Waals surface area contributed by atoms with Gasteiger partial charge in [0.1, 0.15) is 5.82 Å². The summed E-state index contributed by atoms with van der Waals surface area (Å²) < 4.78 is 15.2. The molecule has 0 aliphatic rings. The molecule has 0 radical (unpaired) electrons. The van der Waals surface area contributed by atoms with E-state index in [4.69, 9.17) is 17.3 Å². The van der Waals surface area contributed by atoms with Gasteiger partial charge in [-0.3, -0.25) is 4.57 Å². The number of nitrogens with zero attached hydrogens (tertiary/aromatic N) is 2. The van der Waals surface area contributed by atoms with Crippen LogP contribution in [0.15, 0.2) is 22.8 Å². The Kier molecular flexibility index (Phi) is 2.90. The number of hydrogen-bond acceptors (Lipinski definition) is 2. The van der Waals surface area contributed by atoms with Crippen molar-refractivity contribution in [2.75, 3.05) is 5.73 Å². The van der Waals surface area contributed by atoms with Gasteiger partial charge in [-0.25, -0.2) is 9.37 Å². The Bertz CT molecular complexity index is 530. The second-order valence-corrected chi connectivity index (χ2v) is 4.59. The highest BCUT2D eigenvalue weighted by Gasteiger charge is 2.13. The summed E-state index contributed by atoms with van der Waals surface area (Å²) in [7, 11) is 0. The number of benzene rings is 1. The van der Waals surface area contributed by atoms with E-state index in [1.807, 2.05) is 6.92 Å². The van der Waals surface area contributed by atoms with Crippen LogP contribution >= 0.6 is 27.5 Å². The fourth-order valence-corrected chi connectivity index (χ4v) is 2.49. The van der Waals surface area contributed by atoms with Crippen LogP contribution in [0.1, 0.15) is 5.69 Å². The molecule has 0 atom stereocenters. The summed E-state index contributed by atoms with van der Waals surface area (Å²) >= 11 is 9.23. The maximum absolute atomic E-state index is 13.1. The molecule has 0 aliphatic heterocycles. The van der Waals surface area contributed by atoms with E-state index < -0.39 is 5.82 Å². The fourth-order valence-electron chi connectivity index (χ4n) is 1.46. The Balaban J connectivity index is 2.69. The Morgan fingerprint density at radius 3 is 2.69 bits per heavy atom. The van der Waals surface area contributed by atoms with Crippen LogP contribution in [-0.4, -0.2) is 9.55 Å². The summed E-state index contributed by atoms with van der Waals surface area (Å²) in [5.41, 5.74) is 7.08. The molecule has 1 heterocycles. The standard InChI is InChI=1S/C10H8BrClFN3/c1-5-4-16(10(14)15-5)9-7(11)2-6(13)3-8(9)12/h2-4H,1H3,(H2,14,15). The Labute approximate surface area is 105 Å². The zero-order chi connectivity index (χ0) is 11.9. The van der Waals surface area contributed by atoms with E-state index in [2.05, 4.69) is 20.9 Å². The van der Waals surface area contributed by atoms with Crippen LogP contribution in [0, 0.1) is 12.7 Å². The zero-order valence-electron chi connectivity index (χ0n) is 8.34. The van der Waals surface area contributed by atoms with Gasteiger partial charge in [-0.1, -0.05) is 11.6 Å². The van der Waals surface area contributed by atoms with Gasteiger partial charge in [-0.05, 0) is 35.0 Å². The fraction of sp³-hybridized carbons (Fsp3) is 0.100. The molecular formula is C10H8BrClFN3. The van der Waals surface area contributed by atoms with Gasteiger partial charge < -0.3 is 5.73 Å². The zero-order valence-corrected chi connectivity index (χ0v) is 10.7. The molecule has 0 saturated carbocycles. The van der Waals surface area contributed by atoms with Crippen molar-refractivity contribution in [1.82, 2.24) is 9.55 Å². The van der Waals surface area contributed by atoms with Gasteiger partial charge in [-0.2, -0.15) is 0 Å². The third-order valence-corrected chi connectivity index (χ3v) is 2.97. The van der Waals surface area contributed by atoms with Crippen LogP contribution in [0.25, 0.3) is 5.69 Å². The molecule has 3 nitrogen and oxygen atoms in total. The summed E-state index contributed by atoms with van der Waals surface area (Å²) in [4.78, 5) is 4.06. The second-order valence-electron chi connectivity index (χ2n) is 3.33. The molecule has 1 aromatic heterocycles. The van der Waals surface area contributed by atoms with E-state index >= 15 is 0 Å². The largest absolute Gasteiger partial charge is 0.369 e. The summed E-state index contributed by atoms with van der Waals surface area (Å²) in [6.45, 7) is 1.82. The van der Waals surface area contributed by atoms with Crippen molar-refractivity contribution < 1.29 is 4.39 Å². The predicted octanol–water partition coefficient (Wildman–Crippen LogP) is 3.32. The average Bonchev–Trinajstić information content (AvgIpc) is 2.43. The molecule has 0 amide bonds. The summed E-state index contributed by atoms with van der Waals surface area (Å²) in [5, 5.41) is 0.274. The van der Waals surface area contributed by atoms with E-state index in [0.717, 1.165) is 5.69 Å². The SMILES string of the molecule is Cc1cn(-c2c(Cl)cc(F)cc2Br)c(N)n1. The second kappa shape index (κ2) is 4.07. The molecule has 0 fully saturated rings. The van der Waals surface area contributed by atoms with Crippen molar-refractivity contribution in [3.63, 3.8) is 0 Å². The van der Waals surface area contributed by atoms with Crippen molar-refractivity contribution in [3.8, 4) is 5.69 Å². The lowest BCUT2D eigenvalue weighted by atomic mass is 10.3. The molecule has 6 heteroatoms. The van der Waals surface area contributed by atoms with Crippen LogP contribution in [0.5, 0.6) is 0 Å². The Morgan fingerprint density at radius 1 is 1.50 bits per heavy atom. The van der Waals surface area contributed by atoms with Crippen molar-refractivity contribution in [2.45, 2.75) is 6.92 Å². The van der Waals surface area contributed by atoms with Crippen molar-refractivity contribution in [2.24, 2.45) is 0 Å². The van der Waals surface area contributed by atoms with Gasteiger partial charge in [0.05, 0.1) is 16.4 Å². The van der Waals surface area contributed by atoms with Gasteiger partial charge in [0.25, 0.3) is 0 Å². The van der Waals surface area contributed by atoms with Crippen LogP contribution in [0.3, 0.4) is 0 Å². The highest BCUT2D eigenvalue weighted by Crippen LogP contribution is 2.31. The molecule has 2 rings (SSSR count). The molecule has 2 N–H and O–H groups in total. The number of anilines is 1. The number of rotatable bonds is 1. The number of nitrogens with two attached hydrogens (primary N) is 1. The lowest BCUT2D eigenvalue weighted by Crippen LogP contribution is -2.01. The molecule has 1 aromatic carbocycles.